The number of carbonyl (C=O) groups is 1. The molecule has 2 rings (SSSR count). The van der Waals surface area contributed by atoms with Gasteiger partial charge in [0.2, 0.25) is 5.91 Å². The highest BCUT2D eigenvalue weighted by Crippen LogP contribution is 2.22. The second-order valence-electron chi connectivity index (χ2n) is 6.95. The average Bonchev–Trinajstić information content (AvgIpc) is 2.87. The lowest BCUT2D eigenvalue weighted by molar-refractivity contribution is -0.130. The van der Waals surface area contributed by atoms with Crippen LogP contribution in [0.5, 0.6) is 0 Å². The lowest BCUT2D eigenvalue weighted by Gasteiger charge is -2.21. The minimum atomic E-state index is -3.51. The van der Waals surface area contributed by atoms with Crippen LogP contribution in [0, 0.1) is 5.92 Å². The summed E-state index contributed by atoms with van der Waals surface area (Å²) in [7, 11) is -1.73. The van der Waals surface area contributed by atoms with Crippen LogP contribution in [0.3, 0.4) is 0 Å². The molecule has 0 radical (unpaired) electrons. The molecule has 1 aliphatic heterocycles. The number of carbonyl (C=O) groups excluding carboxylic acids is 1. The van der Waals surface area contributed by atoms with E-state index in [0.717, 1.165) is 6.42 Å². The predicted molar refractivity (Wildman–Crippen MR) is 102 cm³/mol. The van der Waals surface area contributed by atoms with Crippen LogP contribution in [0.15, 0.2) is 34.2 Å². The third-order valence-electron chi connectivity index (χ3n) is 4.56. The van der Waals surface area contributed by atoms with Crippen molar-refractivity contribution in [2.24, 2.45) is 16.6 Å². The summed E-state index contributed by atoms with van der Waals surface area (Å²) in [6.45, 7) is 5.17. The Morgan fingerprint density at radius 3 is 2.69 bits per heavy atom. The van der Waals surface area contributed by atoms with Gasteiger partial charge in [-0.3, -0.25) is 14.5 Å². The monoisotopic (exact) mass is 380 g/mol. The summed E-state index contributed by atoms with van der Waals surface area (Å²) in [5.41, 5.74) is 6.59. The molecule has 0 saturated heterocycles. The maximum Gasteiger partial charge on any atom is 0.263 e. The number of rotatable bonds is 8. The Morgan fingerprint density at radius 1 is 1.31 bits per heavy atom. The van der Waals surface area contributed by atoms with Gasteiger partial charge in [0.1, 0.15) is 5.84 Å². The van der Waals surface area contributed by atoms with Gasteiger partial charge in [-0.25, -0.2) is 8.42 Å². The first-order valence-electron chi connectivity index (χ1n) is 8.88. The third-order valence-corrected chi connectivity index (χ3v) is 5.96. The summed E-state index contributed by atoms with van der Waals surface area (Å²) in [5, 5.41) is 0. The molecule has 1 amide bonds. The van der Waals surface area contributed by atoms with Crippen molar-refractivity contribution in [3.05, 3.63) is 29.8 Å². The van der Waals surface area contributed by atoms with E-state index in [1.807, 2.05) is 0 Å². The zero-order chi connectivity index (χ0) is 19.3. The van der Waals surface area contributed by atoms with E-state index in [9.17, 15) is 13.2 Å². The lowest BCUT2D eigenvalue weighted by Crippen LogP contribution is -2.34. The molecule has 26 heavy (non-hydrogen) atoms. The first kappa shape index (κ1) is 20.4. The lowest BCUT2D eigenvalue weighted by atomic mass is 10.0. The van der Waals surface area contributed by atoms with Gasteiger partial charge in [0.25, 0.3) is 10.0 Å². The Morgan fingerprint density at radius 2 is 2.00 bits per heavy atom. The summed E-state index contributed by atoms with van der Waals surface area (Å²) >= 11 is 0. The normalized spacial score (nSPS) is 17.8. The Kier molecular flexibility index (Phi) is 6.77. The van der Waals surface area contributed by atoms with Gasteiger partial charge in [-0.05, 0) is 30.9 Å². The maximum absolute atomic E-state index is 12.1. The first-order valence-corrected chi connectivity index (χ1v) is 10.4. The van der Waals surface area contributed by atoms with Crippen molar-refractivity contribution in [2.75, 3.05) is 20.1 Å². The number of benzene rings is 1. The molecule has 1 aromatic rings. The van der Waals surface area contributed by atoms with Crippen LogP contribution in [0.4, 0.5) is 0 Å². The third kappa shape index (κ3) is 5.04. The summed E-state index contributed by atoms with van der Waals surface area (Å²) < 4.78 is 26.5. The van der Waals surface area contributed by atoms with E-state index in [1.165, 1.54) is 0 Å². The number of hydrogen-bond donors (Lipinski definition) is 2. The molecule has 0 aliphatic carbocycles. The summed E-state index contributed by atoms with van der Waals surface area (Å²) in [4.78, 5) is 18.4. The molecule has 1 aromatic carbocycles. The molecule has 1 atom stereocenters. The molecule has 3 N–H and O–H groups in total. The Labute approximate surface area is 155 Å². The smallest absolute Gasteiger partial charge is 0.263 e. The number of nitrogens with two attached hydrogens (primary N) is 1. The number of amidine groups is 1. The van der Waals surface area contributed by atoms with Gasteiger partial charge < -0.3 is 10.6 Å². The van der Waals surface area contributed by atoms with Crippen molar-refractivity contribution in [1.82, 2.24) is 9.62 Å². The number of sulfonamides is 1. The Hall–Kier alpha value is -1.93. The van der Waals surface area contributed by atoms with Gasteiger partial charge in [-0.15, -0.1) is 0 Å². The van der Waals surface area contributed by atoms with Gasteiger partial charge in [-0.2, -0.15) is 0 Å². The van der Waals surface area contributed by atoms with Crippen molar-refractivity contribution in [3.8, 4) is 0 Å². The SMILES string of the molecule is CC(C)C(N)CCN(C)C(=O)CCCN=C1NS(=O)(=O)c2ccccc21. The van der Waals surface area contributed by atoms with Crippen LogP contribution in [0.25, 0.3) is 0 Å². The number of nitrogens with zero attached hydrogens (tertiary/aromatic N) is 2. The topological polar surface area (TPSA) is 105 Å². The minimum absolute atomic E-state index is 0.0496. The largest absolute Gasteiger partial charge is 0.346 e. The fourth-order valence-electron chi connectivity index (χ4n) is 2.66. The van der Waals surface area contributed by atoms with Gasteiger partial charge in [0, 0.05) is 38.2 Å². The quantitative estimate of drug-likeness (QED) is 0.664. The fourth-order valence-corrected chi connectivity index (χ4v) is 3.91. The number of aliphatic imine (C=N–C) groups is 1. The van der Waals surface area contributed by atoms with Crippen LogP contribution < -0.4 is 10.5 Å². The number of hydrogen-bond acceptors (Lipinski definition) is 5. The van der Waals surface area contributed by atoms with E-state index >= 15 is 0 Å². The molecule has 0 bridgehead atoms. The summed E-state index contributed by atoms with van der Waals surface area (Å²) in [6.07, 6.45) is 1.71. The summed E-state index contributed by atoms with van der Waals surface area (Å²) in [6, 6.07) is 6.83. The molecule has 144 valence electrons. The molecule has 0 fully saturated rings. The van der Waals surface area contributed by atoms with E-state index in [2.05, 4.69) is 23.6 Å². The van der Waals surface area contributed by atoms with Gasteiger partial charge in [0.05, 0.1) is 4.90 Å². The van der Waals surface area contributed by atoms with Gasteiger partial charge >= 0.3 is 0 Å². The van der Waals surface area contributed by atoms with Crippen molar-refractivity contribution < 1.29 is 13.2 Å². The van der Waals surface area contributed by atoms with E-state index in [1.54, 1.807) is 36.2 Å². The highest BCUT2D eigenvalue weighted by molar-refractivity contribution is 7.90. The van der Waals surface area contributed by atoms with Gasteiger partial charge in [-0.1, -0.05) is 26.0 Å². The Balaban J connectivity index is 1.82. The molecular weight excluding hydrogens is 352 g/mol. The molecule has 1 unspecified atom stereocenters. The van der Waals surface area contributed by atoms with Crippen LogP contribution >= 0.6 is 0 Å². The van der Waals surface area contributed by atoms with Crippen molar-refractivity contribution in [2.45, 2.75) is 44.0 Å². The minimum Gasteiger partial charge on any atom is -0.346 e. The Bertz CT molecular complexity index is 774. The van der Waals surface area contributed by atoms with Gasteiger partial charge in [0.15, 0.2) is 0 Å². The highest BCUT2D eigenvalue weighted by Gasteiger charge is 2.29. The molecule has 8 heteroatoms. The molecule has 0 saturated carbocycles. The second kappa shape index (κ2) is 8.64. The zero-order valence-corrected chi connectivity index (χ0v) is 16.4. The molecule has 0 aromatic heterocycles. The number of fused-ring (bicyclic) bond motifs is 1. The maximum atomic E-state index is 12.1. The number of nitrogens with one attached hydrogen (secondary N) is 1. The molecule has 1 heterocycles. The second-order valence-corrected chi connectivity index (χ2v) is 8.60. The van der Waals surface area contributed by atoms with Crippen molar-refractivity contribution >= 4 is 21.8 Å². The van der Waals surface area contributed by atoms with Crippen molar-refractivity contribution in [3.63, 3.8) is 0 Å². The van der Waals surface area contributed by atoms with E-state index in [0.29, 0.717) is 43.2 Å². The van der Waals surface area contributed by atoms with Crippen LogP contribution in [-0.4, -0.2) is 51.2 Å². The zero-order valence-electron chi connectivity index (χ0n) is 15.6. The molecular formula is C18H28N4O3S. The highest BCUT2D eigenvalue weighted by atomic mass is 32.2. The predicted octanol–water partition coefficient (Wildman–Crippen LogP) is 1.34. The van der Waals surface area contributed by atoms with E-state index in [-0.39, 0.29) is 16.8 Å². The molecule has 0 spiro atoms. The van der Waals surface area contributed by atoms with Crippen LogP contribution in [-0.2, 0) is 14.8 Å². The molecule has 1 aliphatic rings. The summed E-state index contributed by atoms with van der Waals surface area (Å²) in [5.74, 6) is 0.797. The average molecular weight is 381 g/mol. The number of amides is 1. The first-order chi connectivity index (χ1) is 12.2. The van der Waals surface area contributed by atoms with Crippen molar-refractivity contribution in [1.29, 1.82) is 0 Å². The van der Waals surface area contributed by atoms with Crippen LogP contribution in [0.2, 0.25) is 0 Å². The van der Waals surface area contributed by atoms with Crippen LogP contribution in [0.1, 0.15) is 38.7 Å². The fraction of sp³-hybridized carbons (Fsp3) is 0.556. The van der Waals surface area contributed by atoms with E-state index < -0.39 is 10.0 Å². The standard InChI is InChI=1S/C18H28N4O3S/c1-13(2)15(19)10-12-22(3)17(23)9-6-11-20-18-14-7-4-5-8-16(14)26(24,25)21-18/h4-5,7-8,13,15H,6,9-12,19H2,1-3H3,(H,20,21). The van der Waals surface area contributed by atoms with E-state index in [4.69, 9.17) is 5.73 Å². The molecule has 7 nitrogen and oxygen atoms in total.